The molecule has 37 heavy (non-hydrogen) atoms. The quantitative estimate of drug-likeness (QED) is 0.196. The zero-order valence-corrected chi connectivity index (χ0v) is 20.0. The second-order valence-electron chi connectivity index (χ2n) is 7.37. The number of halogens is 2. The van der Waals surface area contributed by atoms with E-state index in [4.69, 9.17) is 32.7 Å². The van der Waals surface area contributed by atoms with E-state index in [1.165, 1.54) is 47.3 Å². The Morgan fingerprint density at radius 2 is 1.65 bits per heavy atom. The van der Waals surface area contributed by atoms with Gasteiger partial charge in [-0.1, -0.05) is 23.2 Å². The highest BCUT2D eigenvalue weighted by molar-refractivity contribution is 6.32. The Hall–Kier alpha value is -4.68. The van der Waals surface area contributed by atoms with E-state index in [0.29, 0.717) is 10.8 Å². The number of amides is 1. The van der Waals surface area contributed by atoms with Gasteiger partial charge in [-0.2, -0.15) is 5.10 Å². The average Bonchev–Trinajstić information content (AvgIpc) is 3.34. The Morgan fingerprint density at radius 1 is 0.919 bits per heavy atom. The van der Waals surface area contributed by atoms with Crippen LogP contribution in [0.25, 0.3) is 0 Å². The molecule has 3 aromatic carbocycles. The Morgan fingerprint density at radius 3 is 2.32 bits per heavy atom. The van der Waals surface area contributed by atoms with Crippen LogP contribution >= 0.6 is 23.2 Å². The maximum atomic E-state index is 12.7. The fourth-order valence-corrected chi connectivity index (χ4v) is 3.42. The summed E-state index contributed by atoms with van der Waals surface area (Å²) in [4.78, 5) is 33.7. The lowest BCUT2D eigenvalue weighted by Crippen LogP contribution is -2.14. The lowest BCUT2D eigenvalue weighted by molar-refractivity contribution is -0.385. The minimum atomic E-state index is -0.634. The number of hydrogen-bond donors (Lipinski definition) is 1. The topological polar surface area (TPSA) is 152 Å². The van der Waals surface area contributed by atoms with Crippen LogP contribution in [0.2, 0.25) is 10.0 Å². The molecule has 4 rings (SSSR count). The second kappa shape index (κ2) is 10.9. The number of ether oxygens (including phenoxy) is 2. The van der Waals surface area contributed by atoms with Crippen molar-refractivity contribution >= 4 is 46.2 Å². The Labute approximate surface area is 218 Å². The summed E-state index contributed by atoms with van der Waals surface area (Å²) in [5, 5.41) is 29.4. The molecule has 0 aliphatic carbocycles. The summed E-state index contributed by atoms with van der Waals surface area (Å²) in [5.74, 6) is 0.0865. The first kappa shape index (κ1) is 25.4. The number of carbonyl (C=O) groups is 1. The highest BCUT2D eigenvalue weighted by atomic mass is 35.5. The van der Waals surface area contributed by atoms with Gasteiger partial charge >= 0.3 is 0 Å². The molecule has 0 saturated heterocycles. The average molecular weight is 544 g/mol. The number of hydrogen-bond acceptors (Lipinski definition) is 8. The first-order valence-corrected chi connectivity index (χ1v) is 11.1. The maximum absolute atomic E-state index is 12.7. The van der Waals surface area contributed by atoms with Crippen molar-refractivity contribution in [3.63, 3.8) is 0 Å². The van der Waals surface area contributed by atoms with E-state index in [1.807, 2.05) is 0 Å². The van der Waals surface area contributed by atoms with Gasteiger partial charge < -0.3 is 14.8 Å². The largest absolute Gasteiger partial charge is 0.470 e. The zero-order chi connectivity index (χ0) is 26.5. The molecular formula is C23H15Cl2N5O7. The van der Waals surface area contributed by atoms with Crippen LogP contribution in [0, 0.1) is 20.2 Å². The number of anilines is 1. The van der Waals surface area contributed by atoms with Gasteiger partial charge in [0.1, 0.15) is 17.2 Å². The van der Waals surface area contributed by atoms with Gasteiger partial charge in [-0.3, -0.25) is 25.0 Å². The highest BCUT2D eigenvalue weighted by Crippen LogP contribution is 2.31. The Kier molecular flexibility index (Phi) is 7.51. The first-order valence-electron chi connectivity index (χ1n) is 10.3. The smallest absolute Gasteiger partial charge is 0.276 e. The van der Waals surface area contributed by atoms with Gasteiger partial charge in [-0.05, 0) is 36.4 Å². The number of nitro groups is 2. The summed E-state index contributed by atoms with van der Waals surface area (Å²) in [5.41, 5.74) is -0.351. The molecule has 0 fully saturated rings. The lowest BCUT2D eigenvalue weighted by atomic mass is 10.2. The predicted molar refractivity (Wildman–Crippen MR) is 134 cm³/mol. The summed E-state index contributed by atoms with van der Waals surface area (Å²) in [7, 11) is 0. The molecule has 0 aliphatic heterocycles. The third-order valence-electron chi connectivity index (χ3n) is 4.76. The summed E-state index contributed by atoms with van der Waals surface area (Å²) in [6, 6.07) is 15.4. The van der Waals surface area contributed by atoms with Crippen LogP contribution < -0.4 is 14.8 Å². The molecule has 4 aromatic rings. The normalized spacial score (nSPS) is 10.5. The van der Waals surface area contributed by atoms with Crippen LogP contribution in [0.1, 0.15) is 10.5 Å². The monoisotopic (exact) mass is 543 g/mol. The van der Waals surface area contributed by atoms with E-state index in [9.17, 15) is 25.0 Å². The van der Waals surface area contributed by atoms with E-state index in [1.54, 1.807) is 24.3 Å². The standard InChI is InChI=1S/C23H15Cl2N5O7/c24-14-1-4-18(5-2-14)37-19-10-15(9-17(11-19)30(34)35)26-23(31)21-7-8-28(27-21)13-36-22-6-3-16(29(32)33)12-20(22)25/h1-12H,13H2,(H,26,31). The fraction of sp³-hybridized carbons (Fsp3) is 0.0435. The Balaban J connectivity index is 1.44. The third kappa shape index (κ3) is 6.51. The van der Waals surface area contributed by atoms with E-state index in [-0.39, 0.29) is 46.0 Å². The molecule has 0 saturated carbocycles. The summed E-state index contributed by atoms with van der Waals surface area (Å²) in [6.45, 7) is -0.138. The van der Waals surface area contributed by atoms with Gasteiger partial charge in [0.2, 0.25) is 0 Å². The van der Waals surface area contributed by atoms with Crippen molar-refractivity contribution in [3.8, 4) is 17.2 Å². The van der Waals surface area contributed by atoms with Crippen molar-refractivity contribution in [1.29, 1.82) is 0 Å². The van der Waals surface area contributed by atoms with Crippen LogP contribution in [0.5, 0.6) is 17.2 Å². The van der Waals surface area contributed by atoms with Gasteiger partial charge in [0.25, 0.3) is 17.3 Å². The van der Waals surface area contributed by atoms with Crippen molar-refractivity contribution in [2.45, 2.75) is 6.73 Å². The highest BCUT2D eigenvalue weighted by Gasteiger charge is 2.16. The zero-order valence-electron chi connectivity index (χ0n) is 18.5. The molecule has 188 valence electrons. The van der Waals surface area contributed by atoms with Crippen molar-refractivity contribution < 1.29 is 24.1 Å². The van der Waals surface area contributed by atoms with Crippen LogP contribution in [0.4, 0.5) is 17.1 Å². The molecule has 0 unspecified atom stereocenters. The van der Waals surface area contributed by atoms with Crippen LogP contribution in [0.15, 0.2) is 72.9 Å². The first-order chi connectivity index (χ1) is 17.7. The molecule has 0 aliphatic rings. The van der Waals surface area contributed by atoms with E-state index >= 15 is 0 Å². The number of nitro benzene ring substituents is 2. The predicted octanol–water partition coefficient (Wildman–Crippen LogP) is 6.09. The summed E-state index contributed by atoms with van der Waals surface area (Å²) >= 11 is 11.9. The molecule has 0 spiro atoms. The van der Waals surface area contributed by atoms with Crippen LogP contribution in [-0.4, -0.2) is 25.5 Å². The molecular weight excluding hydrogens is 529 g/mol. The minimum absolute atomic E-state index is 0.00470. The molecule has 1 N–H and O–H groups in total. The number of rotatable bonds is 9. The second-order valence-corrected chi connectivity index (χ2v) is 8.21. The lowest BCUT2D eigenvalue weighted by Gasteiger charge is -2.09. The van der Waals surface area contributed by atoms with Crippen molar-refractivity contribution in [2.24, 2.45) is 0 Å². The SMILES string of the molecule is O=C(Nc1cc(Oc2ccc(Cl)cc2)cc([N+](=O)[O-])c1)c1ccn(COc2ccc([N+](=O)[O-])cc2Cl)n1. The van der Waals surface area contributed by atoms with Gasteiger partial charge in [-0.15, -0.1) is 0 Å². The fourth-order valence-electron chi connectivity index (χ4n) is 3.06. The molecule has 1 heterocycles. The van der Waals surface area contributed by atoms with E-state index in [2.05, 4.69) is 10.4 Å². The van der Waals surface area contributed by atoms with E-state index < -0.39 is 15.8 Å². The number of nitrogens with one attached hydrogen (secondary N) is 1. The van der Waals surface area contributed by atoms with Gasteiger partial charge in [0.05, 0.1) is 26.6 Å². The Bertz CT molecular complexity index is 1490. The van der Waals surface area contributed by atoms with Gasteiger partial charge in [0.15, 0.2) is 12.4 Å². The molecule has 14 heteroatoms. The number of aromatic nitrogens is 2. The van der Waals surface area contributed by atoms with Crippen molar-refractivity contribution in [3.05, 3.63) is 109 Å². The summed E-state index contributed by atoms with van der Waals surface area (Å²) in [6.07, 6.45) is 1.47. The van der Waals surface area contributed by atoms with Gasteiger partial charge in [-0.25, -0.2) is 4.68 Å². The van der Waals surface area contributed by atoms with Gasteiger partial charge in [0, 0.05) is 35.5 Å². The van der Waals surface area contributed by atoms with Crippen LogP contribution in [-0.2, 0) is 6.73 Å². The molecule has 12 nitrogen and oxygen atoms in total. The minimum Gasteiger partial charge on any atom is -0.470 e. The number of nitrogens with zero attached hydrogens (tertiary/aromatic N) is 4. The van der Waals surface area contributed by atoms with Crippen molar-refractivity contribution in [2.75, 3.05) is 5.32 Å². The third-order valence-corrected chi connectivity index (χ3v) is 5.31. The molecule has 0 bridgehead atoms. The van der Waals surface area contributed by atoms with Crippen molar-refractivity contribution in [1.82, 2.24) is 9.78 Å². The van der Waals surface area contributed by atoms with Crippen LogP contribution in [0.3, 0.4) is 0 Å². The number of carbonyl (C=O) groups excluding carboxylic acids is 1. The number of non-ortho nitro benzene ring substituents is 2. The maximum Gasteiger partial charge on any atom is 0.276 e. The molecule has 0 atom stereocenters. The number of benzene rings is 3. The molecule has 1 amide bonds. The van der Waals surface area contributed by atoms with E-state index in [0.717, 1.165) is 6.07 Å². The summed E-state index contributed by atoms with van der Waals surface area (Å²) < 4.78 is 12.5. The molecule has 1 aromatic heterocycles. The molecule has 0 radical (unpaired) electrons.